The van der Waals surface area contributed by atoms with Gasteiger partial charge in [0.15, 0.2) is 6.54 Å². The lowest BCUT2D eigenvalue weighted by Gasteiger charge is -2.27. The van der Waals surface area contributed by atoms with E-state index in [2.05, 4.69) is 12.2 Å². The van der Waals surface area contributed by atoms with Crippen LogP contribution in [0.5, 0.6) is 0 Å². The molecule has 20 heavy (non-hydrogen) atoms. The van der Waals surface area contributed by atoms with E-state index in [-0.39, 0.29) is 11.5 Å². The lowest BCUT2D eigenvalue weighted by Crippen LogP contribution is -3.14. The third-order valence-electron chi connectivity index (χ3n) is 3.68. The Morgan fingerprint density at radius 3 is 2.65 bits per heavy atom. The van der Waals surface area contributed by atoms with E-state index >= 15 is 0 Å². The van der Waals surface area contributed by atoms with E-state index in [1.54, 1.807) is 12.1 Å². The van der Waals surface area contributed by atoms with E-state index in [1.807, 2.05) is 0 Å². The SMILES string of the molecule is C[C@@H]1CCC[NH+](CC(=O)Nc2ccc(C(=O)[O-])cc2)C1. The van der Waals surface area contributed by atoms with Crippen molar-refractivity contribution in [2.24, 2.45) is 5.92 Å². The Morgan fingerprint density at radius 1 is 1.35 bits per heavy atom. The Labute approximate surface area is 118 Å². The maximum Gasteiger partial charge on any atom is 0.279 e. The molecular weight excluding hydrogens is 256 g/mol. The van der Waals surface area contributed by atoms with E-state index < -0.39 is 5.97 Å². The van der Waals surface area contributed by atoms with Crippen molar-refractivity contribution >= 4 is 17.6 Å². The third kappa shape index (κ3) is 4.06. The van der Waals surface area contributed by atoms with Crippen LogP contribution in [0, 0.1) is 5.92 Å². The third-order valence-corrected chi connectivity index (χ3v) is 3.68. The quantitative estimate of drug-likeness (QED) is 0.764. The van der Waals surface area contributed by atoms with Gasteiger partial charge in [-0.25, -0.2) is 0 Å². The van der Waals surface area contributed by atoms with Crippen LogP contribution in [0.4, 0.5) is 5.69 Å². The van der Waals surface area contributed by atoms with Crippen molar-refractivity contribution in [1.82, 2.24) is 0 Å². The fourth-order valence-electron chi connectivity index (χ4n) is 2.68. The second-order valence-electron chi connectivity index (χ2n) is 5.54. The highest BCUT2D eigenvalue weighted by Crippen LogP contribution is 2.09. The van der Waals surface area contributed by atoms with Gasteiger partial charge in [-0.2, -0.15) is 0 Å². The van der Waals surface area contributed by atoms with E-state index in [0.29, 0.717) is 18.2 Å². The number of carbonyl (C=O) groups excluding carboxylic acids is 2. The van der Waals surface area contributed by atoms with Gasteiger partial charge in [-0.3, -0.25) is 4.79 Å². The van der Waals surface area contributed by atoms with E-state index in [4.69, 9.17) is 0 Å². The predicted octanol–water partition coefficient (Wildman–Crippen LogP) is -0.697. The standard InChI is InChI=1S/C15H20N2O3/c1-11-3-2-8-17(9-11)10-14(18)16-13-6-4-12(5-7-13)15(19)20/h4-7,11H,2-3,8-10H2,1H3,(H,16,18)(H,19,20)/t11-/m1/s1. The van der Waals surface area contributed by atoms with Crippen LogP contribution in [0.3, 0.4) is 0 Å². The maximum absolute atomic E-state index is 11.9. The summed E-state index contributed by atoms with van der Waals surface area (Å²) in [5, 5.41) is 13.4. The summed E-state index contributed by atoms with van der Waals surface area (Å²) in [5.41, 5.74) is 0.725. The van der Waals surface area contributed by atoms with Gasteiger partial charge in [0.25, 0.3) is 5.91 Å². The van der Waals surface area contributed by atoms with Crippen LogP contribution in [0.25, 0.3) is 0 Å². The molecule has 1 saturated heterocycles. The largest absolute Gasteiger partial charge is 0.545 e. The highest BCUT2D eigenvalue weighted by atomic mass is 16.4. The zero-order valence-electron chi connectivity index (χ0n) is 11.6. The lowest BCUT2D eigenvalue weighted by molar-refractivity contribution is -0.900. The van der Waals surface area contributed by atoms with Crippen LogP contribution < -0.4 is 15.3 Å². The Hall–Kier alpha value is -1.88. The fraction of sp³-hybridized carbons (Fsp3) is 0.467. The summed E-state index contributed by atoms with van der Waals surface area (Å²) in [5.74, 6) is -0.571. The molecule has 0 aromatic heterocycles. The number of aromatic carboxylic acids is 1. The number of carboxylic acid groups (broad SMARTS) is 1. The number of benzene rings is 1. The van der Waals surface area contributed by atoms with Crippen LogP contribution in [-0.4, -0.2) is 31.5 Å². The molecule has 1 amide bonds. The molecule has 0 saturated carbocycles. The fourth-order valence-corrected chi connectivity index (χ4v) is 2.68. The molecule has 0 radical (unpaired) electrons. The molecule has 1 fully saturated rings. The molecule has 1 aliphatic rings. The first-order valence-corrected chi connectivity index (χ1v) is 6.99. The Bertz CT molecular complexity index is 484. The molecule has 2 atom stereocenters. The van der Waals surface area contributed by atoms with Gasteiger partial charge in [0.1, 0.15) is 0 Å². The average Bonchev–Trinajstić information content (AvgIpc) is 2.39. The number of carboxylic acids is 1. The summed E-state index contributed by atoms with van der Waals surface area (Å²) in [6, 6.07) is 6.02. The number of nitrogens with one attached hydrogen (secondary N) is 2. The maximum atomic E-state index is 11.9. The second kappa shape index (κ2) is 6.52. The average molecular weight is 276 g/mol. The smallest absolute Gasteiger partial charge is 0.279 e. The molecule has 5 heteroatoms. The first kappa shape index (κ1) is 14.5. The number of hydrogen-bond acceptors (Lipinski definition) is 3. The molecule has 1 unspecified atom stereocenters. The summed E-state index contributed by atoms with van der Waals surface area (Å²) in [6.45, 7) is 4.76. The summed E-state index contributed by atoms with van der Waals surface area (Å²) in [7, 11) is 0. The minimum absolute atomic E-state index is 0.0321. The number of hydrogen-bond donors (Lipinski definition) is 2. The van der Waals surface area contributed by atoms with Gasteiger partial charge in [-0.15, -0.1) is 0 Å². The zero-order valence-corrected chi connectivity index (χ0v) is 11.6. The molecule has 0 aliphatic carbocycles. The lowest BCUT2D eigenvalue weighted by atomic mass is 10.0. The summed E-state index contributed by atoms with van der Waals surface area (Å²) < 4.78 is 0. The molecule has 0 bridgehead atoms. The molecule has 0 spiro atoms. The van der Waals surface area contributed by atoms with Crippen molar-refractivity contribution in [2.45, 2.75) is 19.8 Å². The second-order valence-corrected chi connectivity index (χ2v) is 5.54. The van der Waals surface area contributed by atoms with E-state index in [1.165, 1.54) is 29.9 Å². The summed E-state index contributed by atoms with van der Waals surface area (Å²) in [4.78, 5) is 23.9. The summed E-state index contributed by atoms with van der Waals surface area (Å²) >= 11 is 0. The van der Waals surface area contributed by atoms with E-state index in [9.17, 15) is 14.7 Å². The van der Waals surface area contributed by atoms with Crippen molar-refractivity contribution in [1.29, 1.82) is 0 Å². The van der Waals surface area contributed by atoms with Crippen molar-refractivity contribution in [2.75, 3.05) is 25.0 Å². The van der Waals surface area contributed by atoms with Gasteiger partial charge in [0.05, 0.1) is 19.1 Å². The number of amides is 1. The molecule has 1 aliphatic heterocycles. The van der Waals surface area contributed by atoms with E-state index in [0.717, 1.165) is 13.1 Å². The Kier molecular flexibility index (Phi) is 4.74. The molecule has 1 heterocycles. The van der Waals surface area contributed by atoms with Gasteiger partial charge in [0, 0.05) is 11.6 Å². The molecule has 1 aromatic rings. The number of quaternary nitrogens is 1. The number of anilines is 1. The molecule has 1 aromatic carbocycles. The van der Waals surface area contributed by atoms with Crippen LogP contribution in [0.2, 0.25) is 0 Å². The highest BCUT2D eigenvalue weighted by molar-refractivity contribution is 5.92. The number of carbonyl (C=O) groups is 2. The van der Waals surface area contributed by atoms with Crippen LogP contribution >= 0.6 is 0 Å². The molecular formula is C15H20N2O3. The van der Waals surface area contributed by atoms with Gasteiger partial charge >= 0.3 is 0 Å². The number of piperidine rings is 1. The Morgan fingerprint density at radius 2 is 2.05 bits per heavy atom. The normalized spacial score (nSPS) is 22.2. The highest BCUT2D eigenvalue weighted by Gasteiger charge is 2.21. The van der Waals surface area contributed by atoms with Crippen molar-refractivity contribution < 1.29 is 19.6 Å². The predicted molar refractivity (Wildman–Crippen MR) is 73.4 cm³/mol. The molecule has 2 rings (SSSR count). The number of rotatable bonds is 4. The minimum Gasteiger partial charge on any atom is -0.545 e. The van der Waals surface area contributed by atoms with Gasteiger partial charge in [-0.05, 0) is 30.5 Å². The van der Waals surface area contributed by atoms with Gasteiger partial charge in [0.2, 0.25) is 0 Å². The zero-order chi connectivity index (χ0) is 14.5. The summed E-state index contributed by atoms with van der Waals surface area (Å²) in [6.07, 6.45) is 2.42. The molecule has 5 nitrogen and oxygen atoms in total. The first-order chi connectivity index (χ1) is 9.54. The van der Waals surface area contributed by atoms with Crippen LogP contribution in [0.15, 0.2) is 24.3 Å². The number of likely N-dealkylation sites (tertiary alicyclic amines) is 1. The van der Waals surface area contributed by atoms with Crippen molar-refractivity contribution in [3.63, 3.8) is 0 Å². The van der Waals surface area contributed by atoms with Crippen LogP contribution in [-0.2, 0) is 4.79 Å². The monoisotopic (exact) mass is 276 g/mol. The van der Waals surface area contributed by atoms with Crippen LogP contribution in [0.1, 0.15) is 30.1 Å². The topological polar surface area (TPSA) is 73.7 Å². The first-order valence-electron chi connectivity index (χ1n) is 6.99. The molecule has 2 N–H and O–H groups in total. The Balaban J connectivity index is 1.86. The van der Waals surface area contributed by atoms with Gasteiger partial charge in [-0.1, -0.05) is 19.1 Å². The van der Waals surface area contributed by atoms with Crippen molar-refractivity contribution in [3.8, 4) is 0 Å². The minimum atomic E-state index is -1.21. The molecule has 108 valence electrons. The van der Waals surface area contributed by atoms with Crippen molar-refractivity contribution in [3.05, 3.63) is 29.8 Å². The van der Waals surface area contributed by atoms with Gasteiger partial charge < -0.3 is 20.1 Å².